The molecule has 0 aromatic heterocycles. The van der Waals surface area contributed by atoms with Crippen molar-refractivity contribution in [1.29, 1.82) is 0 Å². The highest BCUT2D eigenvalue weighted by atomic mass is 16.8. The second-order valence-corrected chi connectivity index (χ2v) is 3.29. The highest BCUT2D eigenvalue weighted by Gasteiger charge is 2.18. The van der Waals surface area contributed by atoms with E-state index in [-0.39, 0.29) is 11.1 Å². The fourth-order valence-electron chi connectivity index (χ4n) is 0.598. The van der Waals surface area contributed by atoms with Gasteiger partial charge in [-0.3, -0.25) is 0 Å². The van der Waals surface area contributed by atoms with Gasteiger partial charge in [-0.15, -0.1) is 0 Å². The van der Waals surface area contributed by atoms with E-state index >= 15 is 0 Å². The lowest BCUT2D eigenvalue weighted by Crippen LogP contribution is -2.24. The fourth-order valence-corrected chi connectivity index (χ4v) is 0.598. The van der Waals surface area contributed by atoms with Crippen LogP contribution in [0.3, 0.4) is 0 Å². The molecular formula is C11H14O6. The van der Waals surface area contributed by atoms with E-state index < -0.39 is 24.4 Å². The molecule has 0 saturated carbocycles. The third-order valence-electron chi connectivity index (χ3n) is 1.41. The summed E-state index contributed by atoms with van der Waals surface area (Å²) >= 11 is 0. The van der Waals surface area contributed by atoms with E-state index in [1.54, 1.807) is 0 Å². The summed E-state index contributed by atoms with van der Waals surface area (Å²) < 4.78 is 13.3. The first-order valence-electron chi connectivity index (χ1n) is 4.68. The van der Waals surface area contributed by atoms with Crippen LogP contribution in [-0.4, -0.2) is 24.4 Å². The van der Waals surface area contributed by atoms with Gasteiger partial charge in [-0.2, -0.15) is 0 Å². The monoisotopic (exact) mass is 242 g/mol. The number of rotatable bonds is 4. The summed E-state index contributed by atoms with van der Waals surface area (Å²) in [7, 11) is 0. The third-order valence-corrected chi connectivity index (χ3v) is 1.41. The van der Waals surface area contributed by atoms with Crippen LogP contribution in [0.5, 0.6) is 0 Å². The molecule has 0 radical (unpaired) electrons. The second-order valence-electron chi connectivity index (χ2n) is 3.29. The second kappa shape index (κ2) is 6.47. The van der Waals surface area contributed by atoms with Crippen LogP contribution in [0, 0.1) is 0 Å². The zero-order valence-electron chi connectivity index (χ0n) is 9.94. The Morgan fingerprint density at radius 2 is 1.41 bits per heavy atom. The van der Waals surface area contributed by atoms with E-state index in [1.807, 2.05) is 0 Å². The van der Waals surface area contributed by atoms with Crippen LogP contribution < -0.4 is 0 Å². The average molecular weight is 242 g/mol. The van der Waals surface area contributed by atoms with E-state index in [4.69, 9.17) is 0 Å². The quantitative estimate of drug-likeness (QED) is 0.323. The molecule has 0 fully saturated rings. The minimum Gasteiger partial charge on any atom is -0.422 e. The van der Waals surface area contributed by atoms with Gasteiger partial charge in [0.2, 0.25) is 6.29 Å². The smallest absolute Gasteiger partial charge is 0.422 e. The van der Waals surface area contributed by atoms with Crippen molar-refractivity contribution in [1.82, 2.24) is 0 Å². The maximum Gasteiger partial charge on any atom is 0.519 e. The van der Waals surface area contributed by atoms with Crippen LogP contribution in [0.25, 0.3) is 0 Å². The summed E-state index contributed by atoms with van der Waals surface area (Å²) in [6.45, 7) is 10.7. The first-order chi connectivity index (χ1) is 7.73. The molecule has 0 aliphatic rings. The zero-order valence-corrected chi connectivity index (χ0v) is 9.94. The van der Waals surface area contributed by atoms with Gasteiger partial charge in [-0.1, -0.05) is 13.2 Å². The van der Waals surface area contributed by atoms with Crippen molar-refractivity contribution in [2.75, 3.05) is 0 Å². The Kier molecular flexibility index (Phi) is 5.66. The van der Waals surface area contributed by atoms with Gasteiger partial charge in [-0.05, 0) is 13.8 Å². The third kappa shape index (κ3) is 6.14. The molecule has 0 rings (SSSR count). The van der Waals surface area contributed by atoms with E-state index in [9.17, 15) is 14.4 Å². The van der Waals surface area contributed by atoms with Crippen molar-refractivity contribution in [2.45, 2.75) is 27.1 Å². The van der Waals surface area contributed by atoms with Gasteiger partial charge < -0.3 is 14.2 Å². The molecule has 17 heavy (non-hydrogen) atoms. The molecular weight excluding hydrogens is 228 g/mol. The predicted octanol–water partition coefficient (Wildman–Crippen LogP) is 1.71. The Bertz CT molecular complexity index is 368. The van der Waals surface area contributed by atoms with Crippen LogP contribution >= 0.6 is 0 Å². The van der Waals surface area contributed by atoms with Gasteiger partial charge in [0, 0.05) is 18.1 Å². The Morgan fingerprint density at radius 1 is 0.941 bits per heavy atom. The van der Waals surface area contributed by atoms with Crippen molar-refractivity contribution in [3.63, 3.8) is 0 Å². The Hall–Kier alpha value is -2.11. The lowest BCUT2D eigenvalue weighted by atomic mass is 10.4. The standard InChI is InChI=1S/C11H14O6/c1-6(2)9(12)15-8(5)16-11(14)17-10(13)7(3)4/h8H,1,3H2,2,4-5H3. The highest BCUT2D eigenvalue weighted by molar-refractivity contribution is 5.93. The maximum atomic E-state index is 11.0. The van der Waals surface area contributed by atoms with Crippen molar-refractivity contribution in [2.24, 2.45) is 0 Å². The van der Waals surface area contributed by atoms with Gasteiger partial charge in [-0.25, -0.2) is 14.4 Å². The maximum absolute atomic E-state index is 11.0. The van der Waals surface area contributed by atoms with Gasteiger partial charge in [0.15, 0.2) is 0 Å². The topological polar surface area (TPSA) is 78.9 Å². The van der Waals surface area contributed by atoms with Gasteiger partial charge in [0.25, 0.3) is 0 Å². The Labute approximate surface area is 98.8 Å². The molecule has 6 nitrogen and oxygen atoms in total. The minimum absolute atomic E-state index is 0.0496. The molecule has 0 spiro atoms. The number of carbonyl (C=O) groups excluding carboxylic acids is 3. The lowest BCUT2D eigenvalue weighted by Gasteiger charge is -2.13. The van der Waals surface area contributed by atoms with Crippen LogP contribution in [0.2, 0.25) is 0 Å². The first kappa shape index (κ1) is 14.9. The van der Waals surface area contributed by atoms with Gasteiger partial charge in [0.05, 0.1) is 0 Å². The van der Waals surface area contributed by atoms with Crippen LogP contribution in [0.15, 0.2) is 24.3 Å². The van der Waals surface area contributed by atoms with Crippen LogP contribution in [-0.2, 0) is 23.8 Å². The van der Waals surface area contributed by atoms with Crippen molar-refractivity contribution >= 4 is 18.1 Å². The summed E-state index contributed by atoms with van der Waals surface area (Å²) in [5.41, 5.74) is 0.209. The predicted molar refractivity (Wildman–Crippen MR) is 57.8 cm³/mol. The molecule has 0 aliphatic heterocycles. The van der Waals surface area contributed by atoms with Crippen LogP contribution in [0.1, 0.15) is 20.8 Å². The highest BCUT2D eigenvalue weighted by Crippen LogP contribution is 2.02. The summed E-state index contributed by atoms with van der Waals surface area (Å²) in [5.74, 6) is -1.62. The number of hydrogen-bond donors (Lipinski definition) is 0. The molecule has 0 aromatic carbocycles. The number of ether oxygens (including phenoxy) is 3. The van der Waals surface area contributed by atoms with E-state index in [0.717, 1.165) is 0 Å². The normalized spacial score (nSPS) is 11.0. The van der Waals surface area contributed by atoms with Gasteiger partial charge >= 0.3 is 18.1 Å². The van der Waals surface area contributed by atoms with Crippen molar-refractivity contribution in [3.8, 4) is 0 Å². The molecule has 0 N–H and O–H groups in total. The minimum atomic E-state index is -1.26. The SMILES string of the molecule is C=C(C)C(=O)OC(=O)OC(C)OC(=O)C(=C)C. The van der Waals surface area contributed by atoms with Crippen LogP contribution in [0.4, 0.5) is 4.79 Å². The molecule has 0 aromatic rings. The molecule has 1 unspecified atom stereocenters. The summed E-state index contributed by atoms with van der Waals surface area (Å²) in [6.07, 6.45) is -2.44. The Balaban J connectivity index is 4.13. The molecule has 94 valence electrons. The van der Waals surface area contributed by atoms with E-state index in [2.05, 4.69) is 27.4 Å². The fraction of sp³-hybridized carbons (Fsp3) is 0.364. The molecule has 0 bridgehead atoms. The molecule has 6 heteroatoms. The van der Waals surface area contributed by atoms with Crippen molar-refractivity contribution in [3.05, 3.63) is 24.3 Å². The number of carbonyl (C=O) groups is 3. The number of esters is 2. The molecule has 0 saturated heterocycles. The average Bonchev–Trinajstić information content (AvgIpc) is 2.16. The van der Waals surface area contributed by atoms with E-state index in [1.165, 1.54) is 20.8 Å². The molecule has 0 heterocycles. The summed E-state index contributed by atoms with van der Waals surface area (Å²) in [5, 5.41) is 0. The lowest BCUT2D eigenvalue weighted by molar-refractivity contribution is -0.164. The zero-order chi connectivity index (χ0) is 13.6. The summed E-state index contributed by atoms with van der Waals surface area (Å²) in [6, 6.07) is 0. The number of hydrogen-bond acceptors (Lipinski definition) is 6. The summed E-state index contributed by atoms with van der Waals surface area (Å²) in [4.78, 5) is 33.0. The molecule has 1 atom stereocenters. The largest absolute Gasteiger partial charge is 0.519 e. The van der Waals surface area contributed by atoms with E-state index in [0.29, 0.717) is 0 Å². The molecule has 0 aliphatic carbocycles. The van der Waals surface area contributed by atoms with Crippen molar-refractivity contribution < 1.29 is 28.6 Å². The first-order valence-corrected chi connectivity index (χ1v) is 4.68. The van der Waals surface area contributed by atoms with Gasteiger partial charge in [0.1, 0.15) is 0 Å². The Morgan fingerprint density at radius 3 is 1.82 bits per heavy atom. The molecule has 0 amide bonds.